The molecule has 1 N–H and O–H groups in total. The predicted octanol–water partition coefficient (Wildman–Crippen LogP) is 4.53. The van der Waals surface area contributed by atoms with Crippen LogP contribution in [0.25, 0.3) is 16.6 Å². The average molecular weight is 461 g/mol. The van der Waals surface area contributed by atoms with Gasteiger partial charge in [-0.25, -0.2) is 8.91 Å². The molecule has 174 valence electrons. The molecule has 3 atom stereocenters. The Labute approximate surface area is 196 Å². The molecule has 0 radical (unpaired) electrons. The number of hydrogen-bond acceptors (Lipinski definition) is 6. The molecule has 0 amide bonds. The molecule has 4 aromatic rings. The highest BCUT2D eigenvalue weighted by atomic mass is 19.1. The third-order valence-electron chi connectivity index (χ3n) is 6.53. The number of ether oxygens (including phenoxy) is 1. The first kappa shape index (κ1) is 22.0. The molecular weight excluding hydrogens is 435 g/mol. The molecule has 0 aromatic carbocycles. The molecule has 5 rings (SSSR count). The second kappa shape index (κ2) is 8.88. The lowest BCUT2D eigenvalue weighted by atomic mass is 9.92. The third-order valence-corrected chi connectivity index (χ3v) is 6.53. The summed E-state index contributed by atoms with van der Waals surface area (Å²) in [5, 5.41) is 29.0. The fraction of sp³-hybridized carbons (Fsp3) is 0.360. The van der Waals surface area contributed by atoms with Gasteiger partial charge < -0.3 is 9.84 Å². The maximum atomic E-state index is 13.3. The Morgan fingerprint density at radius 1 is 1.21 bits per heavy atom. The summed E-state index contributed by atoms with van der Waals surface area (Å²) in [5.41, 5.74) is 4.16. The molecule has 1 fully saturated rings. The fourth-order valence-corrected chi connectivity index (χ4v) is 4.70. The Kier molecular flexibility index (Phi) is 5.75. The molecule has 4 heterocycles. The first-order chi connectivity index (χ1) is 16.5. The lowest BCUT2D eigenvalue weighted by Crippen LogP contribution is -2.28. The van der Waals surface area contributed by atoms with E-state index in [1.54, 1.807) is 16.8 Å². The van der Waals surface area contributed by atoms with Crippen LogP contribution in [-0.4, -0.2) is 35.6 Å². The van der Waals surface area contributed by atoms with Gasteiger partial charge in [0.15, 0.2) is 0 Å². The van der Waals surface area contributed by atoms with E-state index in [-0.39, 0.29) is 6.04 Å². The summed E-state index contributed by atoms with van der Waals surface area (Å²) >= 11 is 0. The van der Waals surface area contributed by atoms with Crippen LogP contribution in [0.5, 0.6) is 5.75 Å². The smallest absolute Gasteiger partial charge is 0.148 e. The zero-order valence-electron chi connectivity index (χ0n) is 19.0. The number of pyridine rings is 2. The average Bonchev–Trinajstić information content (AvgIpc) is 3.43. The van der Waals surface area contributed by atoms with Crippen molar-refractivity contribution in [1.29, 1.82) is 5.26 Å². The van der Waals surface area contributed by atoms with E-state index in [4.69, 9.17) is 4.74 Å². The molecule has 1 unspecified atom stereocenters. The zero-order chi connectivity index (χ0) is 23.8. The minimum atomic E-state index is -0.484. The topological polar surface area (TPSA) is 101 Å². The number of hydrogen-bond donors (Lipinski definition) is 1. The molecule has 1 aliphatic carbocycles. The van der Waals surface area contributed by atoms with Crippen LogP contribution in [0.4, 0.5) is 4.39 Å². The fourth-order valence-electron chi connectivity index (χ4n) is 4.70. The first-order valence-corrected chi connectivity index (χ1v) is 11.4. The van der Waals surface area contributed by atoms with Crippen LogP contribution in [0.1, 0.15) is 61.7 Å². The summed E-state index contributed by atoms with van der Waals surface area (Å²) in [6.45, 7) is 3.81. The van der Waals surface area contributed by atoms with Gasteiger partial charge in [-0.05, 0) is 44.9 Å². The second-order valence-corrected chi connectivity index (χ2v) is 8.72. The summed E-state index contributed by atoms with van der Waals surface area (Å²) in [6, 6.07) is 6.90. The van der Waals surface area contributed by atoms with E-state index in [1.165, 1.54) is 12.3 Å². The van der Waals surface area contributed by atoms with Gasteiger partial charge in [-0.15, -0.1) is 0 Å². The molecule has 34 heavy (non-hydrogen) atoms. The van der Waals surface area contributed by atoms with Gasteiger partial charge in [0.05, 0.1) is 36.4 Å². The normalized spacial score (nSPS) is 19.1. The van der Waals surface area contributed by atoms with Crippen LogP contribution in [0.3, 0.4) is 0 Å². The number of aromatic nitrogens is 5. The Morgan fingerprint density at radius 2 is 2.03 bits per heavy atom. The van der Waals surface area contributed by atoms with Crippen LogP contribution in [-0.2, 0) is 0 Å². The Bertz CT molecular complexity index is 1370. The van der Waals surface area contributed by atoms with Gasteiger partial charge in [0.2, 0.25) is 0 Å². The van der Waals surface area contributed by atoms with Crippen molar-refractivity contribution in [3.05, 3.63) is 65.8 Å². The molecular formula is C25H25FN6O2. The lowest BCUT2D eigenvalue weighted by molar-refractivity contribution is 0.0684. The summed E-state index contributed by atoms with van der Waals surface area (Å²) in [5.74, 6) is 0.0495. The van der Waals surface area contributed by atoms with Crippen molar-refractivity contribution < 1.29 is 14.2 Å². The van der Waals surface area contributed by atoms with E-state index in [1.807, 2.05) is 30.8 Å². The molecule has 0 spiro atoms. The Hall–Kier alpha value is -3.77. The highest BCUT2D eigenvalue weighted by molar-refractivity contribution is 5.76. The predicted molar refractivity (Wildman–Crippen MR) is 123 cm³/mol. The standard InChI is InChI=1S/C25H25FN6O2/c1-15-20(13-30-32(15)22-5-3-4-6-23(22)33)17-9-24(25-18(10-27)11-29-31(25)14-17)34-16(2)21-8-7-19(26)12-28-21/h7-9,11-14,16,22-23,33H,3-6H2,1-2H3/t16-,22?,23-/m1/s1. The summed E-state index contributed by atoms with van der Waals surface area (Å²) in [6.07, 6.45) is 9.17. The van der Waals surface area contributed by atoms with Crippen molar-refractivity contribution in [2.24, 2.45) is 0 Å². The number of nitriles is 1. The molecule has 0 aliphatic heterocycles. The van der Waals surface area contributed by atoms with E-state index in [2.05, 4.69) is 21.3 Å². The minimum Gasteiger partial charge on any atom is -0.482 e. The van der Waals surface area contributed by atoms with Gasteiger partial charge in [-0.3, -0.25) is 9.67 Å². The number of rotatable bonds is 5. The summed E-state index contributed by atoms with van der Waals surface area (Å²) in [7, 11) is 0. The van der Waals surface area contributed by atoms with E-state index in [0.717, 1.165) is 48.7 Å². The maximum Gasteiger partial charge on any atom is 0.148 e. The van der Waals surface area contributed by atoms with Gasteiger partial charge in [0, 0.05) is 23.0 Å². The van der Waals surface area contributed by atoms with Crippen LogP contribution in [0.2, 0.25) is 0 Å². The molecule has 0 saturated heterocycles. The largest absolute Gasteiger partial charge is 0.482 e. The minimum absolute atomic E-state index is 0.0404. The SMILES string of the molecule is Cc1c(-c2cc(O[C@H](C)c3ccc(F)cn3)c3c(C#N)cnn3c2)cnn1C1CCCC[C@H]1O. The van der Waals surface area contributed by atoms with E-state index >= 15 is 0 Å². The molecule has 1 aliphatic rings. The lowest BCUT2D eigenvalue weighted by Gasteiger charge is -2.28. The highest BCUT2D eigenvalue weighted by Crippen LogP contribution is 2.36. The summed E-state index contributed by atoms with van der Waals surface area (Å²) in [4.78, 5) is 4.12. The molecule has 9 heteroatoms. The van der Waals surface area contributed by atoms with E-state index in [9.17, 15) is 14.8 Å². The quantitative estimate of drug-likeness (QED) is 0.470. The first-order valence-electron chi connectivity index (χ1n) is 11.4. The monoisotopic (exact) mass is 460 g/mol. The molecule has 0 bridgehead atoms. The van der Waals surface area contributed by atoms with Crippen LogP contribution in [0.15, 0.2) is 43.0 Å². The van der Waals surface area contributed by atoms with Gasteiger partial charge in [-0.1, -0.05) is 12.8 Å². The maximum absolute atomic E-state index is 13.3. The van der Waals surface area contributed by atoms with Crippen molar-refractivity contribution in [3.63, 3.8) is 0 Å². The summed E-state index contributed by atoms with van der Waals surface area (Å²) < 4.78 is 23.1. The van der Waals surface area contributed by atoms with Crippen molar-refractivity contribution in [2.75, 3.05) is 0 Å². The van der Waals surface area contributed by atoms with Crippen LogP contribution >= 0.6 is 0 Å². The number of aliphatic hydroxyl groups is 1. The number of aliphatic hydroxyl groups excluding tert-OH is 1. The van der Waals surface area contributed by atoms with Gasteiger partial charge in [0.25, 0.3) is 0 Å². The van der Waals surface area contributed by atoms with Crippen molar-refractivity contribution in [3.8, 4) is 22.9 Å². The van der Waals surface area contributed by atoms with E-state index < -0.39 is 18.0 Å². The van der Waals surface area contributed by atoms with Gasteiger partial charge in [0.1, 0.15) is 34.8 Å². The molecule has 8 nitrogen and oxygen atoms in total. The van der Waals surface area contributed by atoms with Crippen molar-refractivity contribution in [1.82, 2.24) is 24.4 Å². The number of nitrogens with zero attached hydrogens (tertiary/aromatic N) is 6. The Balaban J connectivity index is 1.56. The van der Waals surface area contributed by atoms with Gasteiger partial charge >= 0.3 is 0 Å². The van der Waals surface area contributed by atoms with Crippen molar-refractivity contribution in [2.45, 2.75) is 57.8 Å². The zero-order valence-corrected chi connectivity index (χ0v) is 19.0. The molecule has 1 saturated carbocycles. The Morgan fingerprint density at radius 3 is 2.76 bits per heavy atom. The highest BCUT2D eigenvalue weighted by Gasteiger charge is 2.27. The van der Waals surface area contributed by atoms with Crippen LogP contribution < -0.4 is 4.74 Å². The van der Waals surface area contributed by atoms with Gasteiger partial charge in [-0.2, -0.15) is 15.5 Å². The number of halogens is 1. The molecule has 4 aromatic heterocycles. The van der Waals surface area contributed by atoms with Crippen molar-refractivity contribution >= 4 is 5.52 Å². The van der Waals surface area contributed by atoms with Crippen LogP contribution in [0, 0.1) is 24.1 Å². The van der Waals surface area contributed by atoms with E-state index in [0.29, 0.717) is 22.5 Å². The second-order valence-electron chi connectivity index (χ2n) is 8.72. The third kappa shape index (κ3) is 3.90. The number of fused-ring (bicyclic) bond motifs is 1.